The van der Waals surface area contributed by atoms with Crippen molar-refractivity contribution in [3.05, 3.63) is 64.5 Å². The van der Waals surface area contributed by atoms with Gasteiger partial charge in [-0.05, 0) is 24.3 Å². The number of carbonyl (C=O) groups is 1. The fourth-order valence-corrected chi connectivity index (χ4v) is 2.36. The lowest BCUT2D eigenvalue weighted by Gasteiger charge is -2.05. The molecule has 0 atom stereocenters. The van der Waals surface area contributed by atoms with Gasteiger partial charge in [-0.15, -0.1) is 0 Å². The number of halogens is 3. The van der Waals surface area contributed by atoms with Crippen molar-refractivity contribution in [1.29, 1.82) is 0 Å². The van der Waals surface area contributed by atoms with Crippen LogP contribution in [0.3, 0.4) is 0 Å². The van der Waals surface area contributed by atoms with Crippen molar-refractivity contribution in [2.24, 2.45) is 0 Å². The summed E-state index contributed by atoms with van der Waals surface area (Å²) in [7, 11) is 1.51. The maximum atomic E-state index is 13.3. The number of methoxy groups -OCH3 is 1. The van der Waals surface area contributed by atoms with Gasteiger partial charge in [0.2, 0.25) is 5.82 Å². The van der Waals surface area contributed by atoms with Crippen LogP contribution in [0.1, 0.15) is 16.2 Å². The van der Waals surface area contributed by atoms with Crippen LogP contribution >= 0.6 is 11.6 Å². The first kappa shape index (κ1) is 17.8. The van der Waals surface area contributed by atoms with E-state index in [9.17, 15) is 13.6 Å². The molecule has 0 unspecified atom stereocenters. The Bertz CT molecular complexity index is 962. The molecule has 3 aromatic rings. The van der Waals surface area contributed by atoms with E-state index in [4.69, 9.17) is 25.6 Å². The van der Waals surface area contributed by atoms with Crippen LogP contribution in [0.15, 0.2) is 40.9 Å². The smallest absolute Gasteiger partial charge is 0.340 e. The highest BCUT2D eigenvalue weighted by Crippen LogP contribution is 2.27. The fraction of sp³-hybridized carbons (Fsp3) is 0.118. The third-order valence-electron chi connectivity index (χ3n) is 3.37. The minimum atomic E-state index is -1.21. The molecule has 0 aliphatic rings. The molecule has 6 nitrogen and oxygen atoms in total. The van der Waals surface area contributed by atoms with Crippen molar-refractivity contribution < 1.29 is 27.6 Å². The Balaban J connectivity index is 1.72. The minimum Gasteiger partial charge on any atom is -0.496 e. The number of hydrogen-bond donors (Lipinski definition) is 0. The number of para-hydroxylation sites is 1. The molecule has 0 fully saturated rings. The second-order valence-electron chi connectivity index (χ2n) is 5.03. The zero-order chi connectivity index (χ0) is 18.7. The van der Waals surface area contributed by atoms with Crippen LogP contribution in [0.4, 0.5) is 8.78 Å². The quantitative estimate of drug-likeness (QED) is 0.491. The second-order valence-corrected chi connectivity index (χ2v) is 5.44. The first-order chi connectivity index (χ1) is 12.5. The first-order valence-corrected chi connectivity index (χ1v) is 7.65. The molecule has 0 N–H and O–H groups in total. The lowest BCUT2D eigenvalue weighted by atomic mass is 10.2. The highest BCUT2D eigenvalue weighted by Gasteiger charge is 2.18. The molecule has 0 bridgehead atoms. The summed E-state index contributed by atoms with van der Waals surface area (Å²) in [6, 6.07) is 8.39. The maximum absolute atomic E-state index is 13.3. The van der Waals surface area contributed by atoms with Gasteiger partial charge < -0.3 is 14.0 Å². The Morgan fingerprint density at radius 2 is 1.96 bits per heavy atom. The predicted octanol–water partition coefficient (Wildman–Crippen LogP) is 4.03. The summed E-state index contributed by atoms with van der Waals surface area (Å²) in [5.74, 6) is -2.52. The highest BCUT2D eigenvalue weighted by molar-refractivity contribution is 6.33. The summed E-state index contributed by atoms with van der Waals surface area (Å²) < 4.78 is 41.5. The van der Waals surface area contributed by atoms with Gasteiger partial charge in [0.25, 0.3) is 5.89 Å². The van der Waals surface area contributed by atoms with Crippen LogP contribution in [-0.2, 0) is 11.3 Å². The summed E-state index contributed by atoms with van der Waals surface area (Å²) >= 11 is 5.72. The van der Waals surface area contributed by atoms with Crippen molar-refractivity contribution in [3.8, 4) is 17.1 Å². The Morgan fingerprint density at radius 3 is 2.73 bits per heavy atom. The topological polar surface area (TPSA) is 74.5 Å². The molecule has 0 aliphatic carbocycles. The predicted molar refractivity (Wildman–Crippen MR) is 86.8 cm³/mol. The lowest BCUT2D eigenvalue weighted by molar-refractivity contribution is 0.0429. The molecule has 1 heterocycles. The van der Waals surface area contributed by atoms with Gasteiger partial charge in [-0.2, -0.15) is 4.98 Å². The van der Waals surface area contributed by atoms with E-state index >= 15 is 0 Å². The zero-order valence-electron chi connectivity index (χ0n) is 13.3. The van der Waals surface area contributed by atoms with Crippen molar-refractivity contribution in [2.75, 3.05) is 7.11 Å². The summed E-state index contributed by atoms with van der Waals surface area (Å²) in [6.45, 7) is -0.365. The molecular weight excluding hydrogens is 370 g/mol. The van der Waals surface area contributed by atoms with Gasteiger partial charge in [-0.25, -0.2) is 13.6 Å². The standard InChI is InChI=1S/C17H11ClF2N2O4/c1-24-14-5-3-2-4-9(14)16-21-15(26-22-16)8-25-17(23)10-6-12(19)13(20)7-11(10)18/h2-7H,8H2,1H3. The molecule has 0 saturated heterocycles. The van der Waals surface area contributed by atoms with Crippen LogP contribution in [0.5, 0.6) is 5.75 Å². The molecule has 0 radical (unpaired) electrons. The summed E-state index contributed by atoms with van der Waals surface area (Å²) in [4.78, 5) is 16.1. The largest absolute Gasteiger partial charge is 0.496 e. The van der Waals surface area contributed by atoms with Crippen LogP contribution in [0, 0.1) is 11.6 Å². The molecule has 0 spiro atoms. The van der Waals surface area contributed by atoms with Crippen LogP contribution in [0.2, 0.25) is 5.02 Å². The SMILES string of the molecule is COc1ccccc1-c1noc(COC(=O)c2cc(F)c(F)cc2Cl)n1. The van der Waals surface area contributed by atoms with Crippen LogP contribution < -0.4 is 4.74 Å². The molecule has 1 aromatic heterocycles. The Kier molecular flexibility index (Phi) is 5.13. The van der Waals surface area contributed by atoms with Gasteiger partial charge >= 0.3 is 5.97 Å². The minimum absolute atomic E-state index is 0.0120. The molecule has 0 amide bonds. The zero-order valence-corrected chi connectivity index (χ0v) is 14.1. The number of aromatic nitrogens is 2. The molecule has 9 heteroatoms. The van der Waals surface area contributed by atoms with Gasteiger partial charge in [0, 0.05) is 0 Å². The normalized spacial score (nSPS) is 10.6. The van der Waals surface area contributed by atoms with E-state index in [1.165, 1.54) is 7.11 Å². The first-order valence-electron chi connectivity index (χ1n) is 7.27. The lowest BCUT2D eigenvalue weighted by Crippen LogP contribution is -2.07. The molecule has 3 rings (SSSR count). The molecular formula is C17H11ClF2N2O4. The molecule has 0 saturated carbocycles. The van der Waals surface area contributed by atoms with Crippen LogP contribution in [0.25, 0.3) is 11.4 Å². The van der Waals surface area contributed by atoms with Crippen molar-refractivity contribution in [1.82, 2.24) is 10.1 Å². The van der Waals surface area contributed by atoms with Crippen molar-refractivity contribution in [3.63, 3.8) is 0 Å². The number of benzene rings is 2. The van der Waals surface area contributed by atoms with Gasteiger partial charge in [0.1, 0.15) is 5.75 Å². The second kappa shape index (κ2) is 7.49. The molecule has 134 valence electrons. The molecule has 2 aromatic carbocycles. The number of rotatable bonds is 5. The Labute approximate surface area is 151 Å². The summed E-state index contributed by atoms with van der Waals surface area (Å²) in [6.07, 6.45) is 0. The molecule has 0 aliphatic heterocycles. The van der Waals surface area contributed by atoms with E-state index in [-0.39, 0.29) is 28.9 Å². The number of nitrogens with zero attached hydrogens (tertiary/aromatic N) is 2. The monoisotopic (exact) mass is 380 g/mol. The third kappa shape index (κ3) is 3.65. The van der Waals surface area contributed by atoms with Crippen molar-refractivity contribution in [2.45, 2.75) is 6.61 Å². The summed E-state index contributed by atoms with van der Waals surface area (Å²) in [5, 5.41) is 3.53. The van der Waals surface area contributed by atoms with E-state index in [2.05, 4.69) is 10.1 Å². The Morgan fingerprint density at radius 1 is 1.23 bits per heavy atom. The van der Waals surface area contributed by atoms with Gasteiger partial charge in [-0.3, -0.25) is 0 Å². The summed E-state index contributed by atoms with van der Waals surface area (Å²) in [5.41, 5.74) is 0.287. The highest BCUT2D eigenvalue weighted by atomic mass is 35.5. The average Bonchev–Trinajstić information content (AvgIpc) is 3.11. The van der Waals surface area contributed by atoms with E-state index in [1.807, 2.05) is 0 Å². The van der Waals surface area contributed by atoms with Gasteiger partial charge in [-0.1, -0.05) is 28.9 Å². The van der Waals surface area contributed by atoms with E-state index < -0.39 is 17.6 Å². The maximum Gasteiger partial charge on any atom is 0.340 e. The average molecular weight is 381 g/mol. The Hall–Kier alpha value is -3.00. The number of ether oxygens (including phenoxy) is 2. The third-order valence-corrected chi connectivity index (χ3v) is 3.69. The van der Waals surface area contributed by atoms with Crippen LogP contribution in [-0.4, -0.2) is 23.2 Å². The van der Waals surface area contributed by atoms with Gasteiger partial charge in [0.15, 0.2) is 18.2 Å². The van der Waals surface area contributed by atoms with Gasteiger partial charge in [0.05, 0.1) is 23.3 Å². The van der Waals surface area contributed by atoms with Crippen molar-refractivity contribution >= 4 is 17.6 Å². The number of carbonyl (C=O) groups excluding carboxylic acids is 1. The molecule has 26 heavy (non-hydrogen) atoms. The van der Waals surface area contributed by atoms with E-state index in [0.29, 0.717) is 23.4 Å². The van der Waals surface area contributed by atoms with E-state index in [1.54, 1.807) is 24.3 Å². The number of esters is 1. The van der Waals surface area contributed by atoms with E-state index in [0.717, 1.165) is 0 Å². The fourth-order valence-electron chi connectivity index (χ4n) is 2.14. The number of hydrogen-bond acceptors (Lipinski definition) is 6.